The molecule has 0 bridgehead atoms. The average Bonchev–Trinajstić information content (AvgIpc) is 1.78. The molecule has 668 valence electrons. The van der Waals surface area contributed by atoms with Crippen LogP contribution >= 0.6 is 25.4 Å². The van der Waals surface area contributed by atoms with Crippen molar-refractivity contribution in [2.75, 3.05) is 61.4 Å². The Labute approximate surface area is 733 Å². The molecule has 1 heterocycles. The fourth-order valence-corrected chi connectivity index (χ4v) is 12.7. The molecule has 0 fully saturated rings. The van der Waals surface area contributed by atoms with E-state index in [0.717, 1.165) is 40.0 Å². The van der Waals surface area contributed by atoms with Crippen molar-refractivity contribution < 1.29 is 57.7 Å². The van der Waals surface area contributed by atoms with Gasteiger partial charge >= 0.3 is 44.3 Å². The summed E-state index contributed by atoms with van der Waals surface area (Å²) in [6.45, 7) is 55.3. The van der Waals surface area contributed by atoms with Crippen molar-refractivity contribution in [2.24, 2.45) is 0 Å². The van der Waals surface area contributed by atoms with Gasteiger partial charge in [0.1, 0.15) is 17.1 Å². The first-order valence-electron chi connectivity index (χ1n) is 38.7. The quantitative estimate of drug-likeness (QED) is 0.0214. The Hall–Kier alpha value is -9.13. The van der Waals surface area contributed by atoms with E-state index in [4.69, 9.17) is 42.1 Å². The number of nitrogens with two attached hydrogens (primary N) is 1. The molecule has 1 aromatic heterocycles. The summed E-state index contributed by atoms with van der Waals surface area (Å²) in [5, 5.41) is 76.6. The molecule has 7 aromatic carbocycles. The first-order valence-corrected chi connectivity index (χ1v) is 47.9. The summed E-state index contributed by atoms with van der Waals surface area (Å²) in [7, 11) is 17.4. The number of halogens is 2. The molecule has 0 aliphatic heterocycles. The van der Waals surface area contributed by atoms with E-state index in [1.165, 1.54) is 65.5 Å². The second kappa shape index (κ2) is 48.1. The molecule has 0 aliphatic carbocycles. The second-order valence-electron chi connectivity index (χ2n) is 36.2. The number of hydrogen-bond acceptors (Lipinski definition) is 21. The molecular formula is C89H131Cl2N10O18PSn. The van der Waals surface area contributed by atoms with Crippen molar-refractivity contribution in [2.45, 2.75) is 231 Å². The number of nitrogen functional groups attached to an aromatic ring is 1. The van der Waals surface area contributed by atoms with Crippen LogP contribution < -0.4 is 10.3 Å². The molecule has 4 N–H and O–H groups in total. The summed E-state index contributed by atoms with van der Waals surface area (Å²) in [6, 6.07) is 34.5. The summed E-state index contributed by atoms with van der Waals surface area (Å²) in [5.41, 5.74) is 16.5. The number of fused-ring (bicyclic) bond motifs is 1. The third-order valence-electron chi connectivity index (χ3n) is 17.8. The Morgan fingerprint density at radius 2 is 0.934 bits per heavy atom. The van der Waals surface area contributed by atoms with Gasteiger partial charge in [-0.05, 0) is 176 Å². The number of phenolic OH excluding ortho intramolecular Hbond substituents is 1. The number of anilines is 1. The van der Waals surface area contributed by atoms with Gasteiger partial charge in [-0.15, -0.1) is 0 Å². The van der Waals surface area contributed by atoms with Gasteiger partial charge in [-0.3, -0.25) is 65.6 Å². The van der Waals surface area contributed by atoms with E-state index in [2.05, 4.69) is 137 Å². The molecule has 8 rings (SSSR count). The first-order chi connectivity index (χ1) is 55.0. The first kappa shape index (κ1) is 112. The van der Waals surface area contributed by atoms with Crippen molar-refractivity contribution in [3.8, 4) is 11.5 Å². The fraction of sp³-hybridized carbons (Fsp3) is 0.483. The van der Waals surface area contributed by atoms with Crippen LogP contribution in [0, 0.1) is 95.3 Å². The van der Waals surface area contributed by atoms with Crippen molar-refractivity contribution in [3.05, 3.63) is 261 Å². The summed E-state index contributed by atoms with van der Waals surface area (Å²) >= 11 is -0.826. The van der Waals surface area contributed by atoms with E-state index in [1.54, 1.807) is 65.4 Å². The molecule has 2 radical (unpaired) electrons. The van der Waals surface area contributed by atoms with Crippen LogP contribution in [-0.2, 0) is 56.5 Å². The number of aryl methyl sites for hydroxylation is 4. The Balaban J connectivity index is 0.00000137. The Morgan fingerprint density at radius 3 is 1.31 bits per heavy atom. The van der Waals surface area contributed by atoms with E-state index in [9.17, 15) is 70.4 Å². The van der Waals surface area contributed by atoms with Crippen LogP contribution in [0.5, 0.6) is 11.5 Å². The van der Waals surface area contributed by atoms with E-state index < -0.39 is 72.3 Å². The van der Waals surface area contributed by atoms with Crippen LogP contribution in [0.1, 0.15) is 225 Å². The summed E-state index contributed by atoms with van der Waals surface area (Å²) in [5.74, 6) is 1.04. The molecule has 8 aromatic rings. The predicted molar refractivity (Wildman–Crippen MR) is 495 cm³/mol. The van der Waals surface area contributed by atoms with E-state index in [0.29, 0.717) is 45.9 Å². The minimum absolute atomic E-state index is 0.0239. The molecule has 121 heavy (non-hydrogen) atoms. The topological polar surface area (TPSA) is 381 Å². The van der Waals surface area contributed by atoms with Gasteiger partial charge in [0, 0.05) is 86.3 Å². The van der Waals surface area contributed by atoms with Crippen LogP contribution in [0.4, 0.5) is 39.8 Å². The van der Waals surface area contributed by atoms with Crippen LogP contribution in [0.15, 0.2) is 128 Å². The number of benzene rings is 7. The number of ether oxygens (including phenoxy) is 2. The predicted octanol–water partition coefficient (Wildman–Crippen LogP) is 24.5. The number of aromatic hydroxyl groups is 1. The number of nitrogens with one attached hydrogen (secondary N) is 1. The summed E-state index contributed by atoms with van der Waals surface area (Å²) in [6.07, 6.45) is 4.98. The Morgan fingerprint density at radius 1 is 0.504 bits per heavy atom. The maximum atomic E-state index is 12.1. The number of methoxy groups -OCH3 is 2. The standard InChI is InChI=1S/C14H19N3O4.C14H23O3P.C12H16N2.2C11H14N2O4.C11H16O.C11H16.C5H13NO2.2ClH.Sn/c1-14(2,3)11-8-10(6-7-15(4)5)12(16(18)19)9-13(11)17(20)21;1-7-16-18(6,15)17-13-9-8-11(2)10-12(13)14(3,4)5;1-12(2,3)9-6-8-4-5-14-11(8)7-10(9)13;1-7-5-8(11(2,3)4)10(13(16)17)6-9(7)12(14)15;1-7-9(12(14)15)6-5-8(11(2,3)4)10(7)13(16)17;1-8-5-6-10(12)9(7-8)11(2,3)4;1-9-6-5-7-10(8-9)11(2,3)4;1-6(2)5(7-3)8-4;;;/h6-9H,1-5H3;8-10H,7H2,1-6H3;4-7,14H,13H2,1-3H3;2*5-6H,1-4H3;5-7,12H,1-4H3;5-8H,1-4H3;5H,1-4H3;2*1H;/q;;;;;;;;;;+2/p-2/b7-6+;;;;;;;;;;. The maximum absolute atomic E-state index is 12.1. The minimum atomic E-state index is -3.03. The molecule has 1 atom stereocenters. The number of nitro benzene ring substituents is 6. The van der Waals surface area contributed by atoms with E-state index in [1.807, 2.05) is 132 Å². The van der Waals surface area contributed by atoms with Crippen molar-refractivity contribution in [1.82, 2.24) is 14.8 Å². The molecule has 0 amide bonds. The normalized spacial score (nSPS) is 12.0. The van der Waals surface area contributed by atoms with Gasteiger partial charge in [-0.25, -0.2) is 4.57 Å². The zero-order chi connectivity index (χ0) is 94.6. The number of H-pyrrole nitrogens is 1. The van der Waals surface area contributed by atoms with Gasteiger partial charge < -0.3 is 39.2 Å². The molecule has 32 heteroatoms. The number of hydrogen-bond donors (Lipinski definition) is 3. The van der Waals surface area contributed by atoms with Crippen LogP contribution in [0.2, 0.25) is 0 Å². The van der Waals surface area contributed by atoms with Gasteiger partial charge in [0.2, 0.25) is 6.41 Å². The van der Waals surface area contributed by atoms with Crippen LogP contribution in [-0.4, -0.2) is 130 Å². The van der Waals surface area contributed by atoms with Gasteiger partial charge in [-0.2, -0.15) is 0 Å². The summed E-state index contributed by atoms with van der Waals surface area (Å²) < 4.78 is 32.6. The van der Waals surface area contributed by atoms with Crippen molar-refractivity contribution in [1.29, 1.82) is 0 Å². The molecule has 1 unspecified atom stereocenters. The van der Waals surface area contributed by atoms with Gasteiger partial charge in [0.15, 0.2) is 0 Å². The molecule has 0 spiro atoms. The van der Waals surface area contributed by atoms with E-state index >= 15 is 0 Å². The SMILES string of the molecule is CC(C)(C)c1cc2cc[nH]c2cc1N.CCOP(C)(=O)Oc1ccc(C)cc1C(C)(C)C.CN(C)/C=C/c1cc(C(C)(C)C)c([N+](=O)[O-])cc1[N+](=O)[O-].COC(OC)N(C)C.Cc1c([N+](=O)[O-])ccc(C(C)(C)C)c1[N+](=O)[O-].Cc1cc(C(C)(C)C)c([N+](=O)[O-])cc1[N+](=O)[O-].Cc1ccc(O)c(C(C)(C)C)c1.Cc1cccc(C(C)(C)C)c1.[Cl][Sn][Cl]. The van der Waals surface area contributed by atoms with Crippen LogP contribution in [0.25, 0.3) is 17.0 Å². The Kier molecular flexibility index (Phi) is 44.4. The van der Waals surface area contributed by atoms with Crippen molar-refractivity contribution >= 4 is 101 Å². The molecule has 28 nitrogen and oxygen atoms in total. The number of rotatable bonds is 15. The molecular weight excluding hydrogens is 1720 g/mol. The van der Waals surface area contributed by atoms with Crippen LogP contribution in [0.3, 0.4) is 0 Å². The van der Waals surface area contributed by atoms with Crippen molar-refractivity contribution in [3.63, 3.8) is 0 Å². The number of nitrogens with zero attached hydrogens (tertiary/aromatic N) is 8. The molecule has 0 saturated heterocycles. The number of aromatic amines is 1. The third kappa shape index (κ3) is 38.0. The number of phenols is 1. The van der Waals surface area contributed by atoms with Gasteiger partial charge in [0.25, 0.3) is 34.1 Å². The zero-order valence-corrected chi connectivity index (χ0v) is 82.5. The number of nitro groups is 6. The number of aromatic nitrogens is 1. The summed E-state index contributed by atoms with van der Waals surface area (Å²) in [4.78, 5) is 69.0. The second-order valence-corrected chi connectivity index (χ2v) is 42.5. The van der Waals surface area contributed by atoms with Gasteiger partial charge in [-0.1, -0.05) is 211 Å². The van der Waals surface area contributed by atoms with E-state index in [-0.39, 0.29) is 67.8 Å². The molecule has 0 aliphatic rings. The fourth-order valence-electron chi connectivity index (χ4n) is 11.6. The zero-order valence-electron chi connectivity index (χ0n) is 77.2. The third-order valence-corrected chi connectivity index (χ3v) is 19.0. The van der Waals surface area contributed by atoms with Gasteiger partial charge in [0.05, 0.1) is 53.8 Å². The average molecular weight is 1850 g/mol. The monoisotopic (exact) mass is 1850 g/mol. The molecule has 0 saturated carbocycles. The Bertz CT molecular complexity index is 4840.